The largest absolute Gasteiger partial charge is 0.374 e. The van der Waals surface area contributed by atoms with Gasteiger partial charge in [-0.05, 0) is 37.7 Å². The van der Waals surface area contributed by atoms with Gasteiger partial charge in [-0.25, -0.2) is 0 Å². The van der Waals surface area contributed by atoms with E-state index in [2.05, 4.69) is 17.1 Å². The van der Waals surface area contributed by atoms with E-state index in [9.17, 15) is 0 Å². The van der Waals surface area contributed by atoms with Gasteiger partial charge in [0.2, 0.25) is 0 Å². The lowest BCUT2D eigenvalue weighted by Gasteiger charge is -2.37. The Bertz CT molecular complexity index is 440. The van der Waals surface area contributed by atoms with E-state index in [0.717, 1.165) is 31.8 Å². The van der Waals surface area contributed by atoms with Crippen LogP contribution in [0.25, 0.3) is 0 Å². The van der Waals surface area contributed by atoms with Crippen LogP contribution in [0.1, 0.15) is 24.9 Å². The predicted octanol–water partition coefficient (Wildman–Crippen LogP) is 3.36. The molecule has 1 N–H and O–H groups in total. The standard InChI is InChI=1S/C15H22Cl2N2O/c1-3-6-19-7-8-20-14(10-19)15(18-2)11-4-5-12(16)13(17)9-11/h4-5,9,14-15,18H,3,6-8,10H2,1-2H3. The van der Waals surface area contributed by atoms with Crippen LogP contribution in [0.4, 0.5) is 0 Å². The van der Waals surface area contributed by atoms with Crippen LogP contribution in [0.2, 0.25) is 10.0 Å². The van der Waals surface area contributed by atoms with Crippen LogP contribution >= 0.6 is 23.2 Å². The Balaban J connectivity index is 2.12. The zero-order chi connectivity index (χ0) is 14.5. The molecule has 1 heterocycles. The topological polar surface area (TPSA) is 24.5 Å². The van der Waals surface area contributed by atoms with Gasteiger partial charge in [-0.15, -0.1) is 0 Å². The zero-order valence-corrected chi connectivity index (χ0v) is 13.5. The van der Waals surface area contributed by atoms with Crippen molar-refractivity contribution < 1.29 is 4.74 Å². The van der Waals surface area contributed by atoms with E-state index in [0.29, 0.717) is 10.0 Å². The van der Waals surface area contributed by atoms with E-state index in [1.165, 1.54) is 6.42 Å². The molecule has 0 spiro atoms. The molecule has 20 heavy (non-hydrogen) atoms. The van der Waals surface area contributed by atoms with Gasteiger partial charge >= 0.3 is 0 Å². The maximum absolute atomic E-state index is 6.12. The van der Waals surface area contributed by atoms with Gasteiger partial charge in [0.1, 0.15) is 0 Å². The molecule has 1 aliphatic rings. The Morgan fingerprint density at radius 2 is 2.20 bits per heavy atom. The minimum absolute atomic E-state index is 0.129. The average molecular weight is 317 g/mol. The van der Waals surface area contributed by atoms with Crippen LogP contribution in [-0.4, -0.2) is 44.3 Å². The van der Waals surface area contributed by atoms with Crippen molar-refractivity contribution in [3.63, 3.8) is 0 Å². The highest BCUT2D eigenvalue weighted by Crippen LogP contribution is 2.28. The third-order valence-electron chi connectivity index (χ3n) is 3.70. The number of ether oxygens (including phenoxy) is 1. The van der Waals surface area contributed by atoms with Crippen LogP contribution in [-0.2, 0) is 4.74 Å². The minimum atomic E-state index is 0.129. The number of hydrogen-bond acceptors (Lipinski definition) is 3. The molecule has 1 saturated heterocycles. The van der Waals surface area contributed by atoms with Gasteiger partial charge in [0.05, 0.1) is 28.8 Å². The van der Waals surface area contributed by atoms with Gasteiger partial charge in [0.25, 0.3) is 0 Å². The van der Waals surface area contributed by atoms with Gasteiger partial charge in [0.15, 0.2) is 0 Å². The summed E-state index contributed by atoms with van der Waals surface area (Å²) in [6.07, 6.45) is 1.31. The second kappa shape index (κ2) is 7.62. The molecule has 1 aliphatic heterocycles. The highest BCUT2D eigenvalue weighted by molar-refractivity contribution is 6.42. The summed E-state index contributed by atoms with van der Waals surface area (Å²) in [6.45, 7) is 6.07. The first kappa shape index (κ1) is 16.1. The summed E-state index contributed by atoms with van der Waals surface area (Å²) in [5.74, 6) is 0. The first-order valence-corrected chi connectivity index (χ1v) is 7.87. The first-order chi connectivity index (χ1) is 9.65. The number of benzene rings is 1. The molecule has 5 heteroatoms. The van der Waals surface area contributed by atoms with Crippen LogP contribution in [0.5, 0.6) is 0 Å². The number of rotatable bonds is 5. The van der Waals surface area contributed by atoms with Crippen molar-refractivity contribution in [2.75, 3.05) is 33.3 Å². The normalized spacial score (nSPS) is 21.9. The third-order valence-corrected chi connectivity index (χ3v) is 4.44. The number of hydrogen-bond donors (Lipinski definition) is 1. The summed E-state index contributed by atoms with van der Waals surface area (Å²) in [7, 11) is 1.95. The molecule has 1 aromatic carbocycles. The number of nitrogens with zero attached hydrogens (tertiary/aromatic N) is 1. The predicted molar refractivity (Wildman–Crippen MR) is 84.7 cm³/mol. The lowest BCUT2D eigenvalue weighted by molar-refractivity contribution is -0.0459. The molecular weight excluding hydrogens is 295 g/mol. The maximum Gasteiger partial charge on any atom is 0.0896 e. The quantitative estimate of drug-likeness (QED) is 0.901. The number of morpholine rings is 1. The molecule has 0 radical (unpaired) electrons. The Hall–Kier alpha value is -0.320. The smallest absolute Gasteiger partial charge is 0.0896 e. The van der Waals surface area contributed by atoms with Crippen molar-refractivity contribution in [3.05, 3.63) is 33.8 Å². The summed E-state index contributed by atoms with van der Waals surface area (Å²) < 4.78 is 5.95. The Morgan fingerprint density at radius 3 is 2.85 bits per heavy atom. The monoisotopic (exact) mass is 316 g/mol. The van der Waals surface area contributed by atoms with Crippen molar-refractivity contribution in [1.29, 1.82) is 0 Å². The van der Waals surface area contributed by atoms with Crippen molar-refractivity contribution >= 4 is 23.2 Å². The van der Waals surface area contributed by atoms with E-state index in [1.807, 2.05) is 25.2 Å². The summed E-state index contributed by atoms with van der Waals surface area (Å²) in [6, 6.07) is 5.91. The number of halogens is 2. The summed E-state index contributed by atoms with van der Waals surface area (Å²) in [4.78, 5) is 2.45. The Labute approximate surface area is 131 Å². The lowest BCUT2D eigenvalue weighted by Crippen LogP contribution is -2.47. The van der Waals surface area contributed by atoms with Gasteiger partial charge in [-0.3, -0.25) is 4.90 Å². The van der Waals surface area contributed by atoms with Crippen molar-refractivity contribution in [1.82, 2.24) is 10.2 Å². The molecular formula is C15H22Cl2N2O. The van der Waals surface area contributed by atoms with Gasteiger partial charge in [-0.1, -0.05) is 36.2 Å². The summed E-state index contributed by atoms with van der Waals surface area (Å²) >= 11 is 12.1. The van der Waals surface area contributed by atoms with Crippen molar-refractivity contribution in [2.45, 2.75) is 25.5 Å². The minimum Gasteiger partial charge on any atom is -0.374 e. The second-order valence-electron chi connectivity index (χ2n) is 5.15. The molecule has 0 aromatic heterocycles. The number of nitrogens with one attached hydrogen (secondary N) is 1. The fourth-order valence-corrected chi connectivity index (χ4v) is 3.03. The molecule has 0 saturated carbocycles. The van der Waals surface area contributed by atoms with Gasteiger partial charge < -0.3 is 10.1 Å². The van der Waals surface area contributed by atoms with E-state index >= 15 is 0 Å². The van der Waals surface area contributed by atoms with Crippen LogP contribution in [0, 0.1) is 0 Å². The second-order valence-corrected chi connectivity index (χ2v) is 5.96. The van der Waals surface area contributed by atoms with Crippen LogP contribution in [0.3, 0.4) is 0 Å². The van der Waals surface area contributed by atoms with Gasteiger partial charge in [-0.2, -0.15) is 0 Å². The van der Waals surface area contributed by atoms with Gasteiger partial charge in [0, 0.05) is 13.1 Å². The van der Waals surface area contributed by atoms with Crippen molar-refractivity contribution in [2.24, 2.45) is 0 Å². The highest BCUT2D eigenvalue weighted by Gasteiger charge is 2.28. The average Bonchev–Trinajstić information content (AvgIpc) is 2.44. The molecule has 2 atom stereocenters. The molecule has 1 aromatic rings. The molecule has 0 bridgehead atoms. The first-order valence-electron chi connectivity index (χ1n) is 7.12. The molecule has 3 nitrogen and oxygen atoms in total. The molecule has 0 aliphatic carbocycles. The third kappa shape index (κ3) is 3.86. The SMILES string of the molecule is CCCN1CCOC(C(NC)c2ccc(Cl)c(Cl)c2)C1. The lowest BCUT2D eigenvalue weighted by atomic mass is 10.00. The number of likely N-dealkylation sites (N-methyl/N-ethyl adjacent to an activating group) is 1. The van der Waals surface area contributed by atoms with Crippen molar-refractivity contribution in [3.8, 4) is 0 Å². The van der Waals surface area contributed by atoms with Crippen LogP contribution in [0.15, 0.2) is 18.2 Å². The summed E-state index contributed by atoms with van der Waals surface area (Å²) in [5, 5.41) is 4.52. The fourth-order valence-electron chi connectivity index (χ4n) is 2.73. The maximum atomic E-state index is 6.12. The highest BCUT2D eigenvalue weighted by atomic mass is 35.5. The zero-order valence-electron chi connectivity index (χ0n) is 12.0. The van der Waals surface area contributed by atoms with E-state index in [-0.39, 0.29) is 12.1 Å². The molecule has 0 amide bonds. The van der Waals surface area contributed by atoms with Crippen LogP contribution < -0.4 is 5.32 Å². The molecule has 2 unspecified atom stereocenters. The molecule has 112 valence electrons. The van der Waals surface area contributed by atoms with E-state index in [1.54, 1.807) is 0 Å². The van der Waals surface area contributed by atoms with E-state index in [4.69, 9.17) is 27.9 Å². The molecule has 2 rings (SSSR count). The Kier molecular flexibility index (Phi) is 6.12. The summed E-state index contributed by atoms with van der Waals surface area (Å²) in [5.41, 5.74) is 1.12. The Morgan fingerprint density at radius 1 is 1.40 bits per heavy atom. The fraction of sp³-hybridized carbons (Fsp3) is 0.600. The van der Waals surface area contributed by atoms with E-state index < -0.39 is 0 Å². The molecule has 1 fully saturated rings.